The summed E-state index contributed by atoms with van der Waals surface area (Å²) in [4.78, 5) is -0.377. The van der Waals surface area contributed by atoms with Crippen molar-refractivity contribution in [1.82, 2.24) is 0 Å². The molecule has 0 aliphatic carbocycles. The zero-order chi connectivity index (χ0) is 17.3. The van der Waals surface area contributed by atoms with Crippen molar-refractivity contribution in [3.63, 3.8) is 0 Å². The van der Waals surface area contributed by atoms with Crippen molar-refractivity contribution >= 4 is 32.3 Å². The Morgan fingerprint density at radius 2 is 1.56 bits per heavy atom. The van der Waals surface area contributed by atoms with Gasteiger partial charge in [-0.1, -0.05) is 36.4 Å². The number of nitrogens with zero attached hydrogens (tertiary/aromatic N) is 2. The molecular weight excluding hydrogens is 351 g/mol. The van der Waals surface area contributed by atoms with Gasteiger partial charge in [0.1, 0.15) is 15.8 Å². The van der Waals surface area contributed by atoms with Crippen LogP contribution in [0, 0.1) is 6.92 Å². The Morgan fingerprint density at radius 3 is 2.24 bits per heavy atom. The van der Waals surface area contributed by atoms with Crippen LogP contribution in [0.4, 0.5) is 11.4 Å². The molecule has 0 spiro atoms. The molecule has 0 fully saturated rings. The average molecular weight is 364 g/mol. The average Bonchev–Trinajstić information content (AvgIpc) is 2.54. The molecule has 0 aromatic heterocycles. The van der Waals surface area contributed by atoms with E-state index in [1.165, 1.54) is 30.3 Å². The molecule has 3 aromatic rings. The second-order valence-corrected chi connectivity index (χ2v) is 6.57. The number of benzene rings is 3. The predicted molar refractivity (Wildman–Crippen MR) is 88.9 cm³/mol. The smallest absolute Gasteiger partial charge is 0.744 e. The van der Waals surface area contributed by atoms with Gasteiger partial charge in [-0.15, -0.1) is 5.11 Å². The van der Waals surface area contributed by atoms with Crippen LogP contribution in [0.1, 0.15) is 5.56 Å². The van der Waals surface area contributed by atoms with Crippen molar-refractivity contribution in [2.45, 2.75) is 11.8 Å². The maximum Gasteiger partial charge on any atom is 1.00 e. The second-order valence-electron chi connectivity index (χ2n) is 5.23. The van der Waals surface area contributed by atoms with E-state index in [1.54, 1.807) is 6.07 Å². The van der Waals surface area contributed by atoms with Gasteiger partial charge < -0.3 is 9.66 Å². The van der Waals surface area contributed by atoms with E-state index in [-0.39, 0.29) is 56.7 Å². The third-order valence-corrected chi connectivity index (χ3v) is 4.52. The number of fused-ring (bicyclic) bond motifs is 1. The molecule has 0 saturated heterocycles. The minimum atomic E-state index is -4.64. The minimum absolute atomic E-state index is 0. The Morgan fingerprint density at radius 1 is 0.880 bits per heavy atom. The number of hydrogen-bond acceptors (Lipinski definition) is 6. The van der Waals surface area contributed by atoms with Crippen LogP contribution in [0.15, 0.2) is 69.7 Å². The third kappa shape index (κ3) is 4.08. The van der Waals surface area contributed by atoms with Crippen molar-refractivity contribution < 1.29 is 47.6 Å². The molecule has 25 heavy (non-hydrogen) atoms. The summed E-state index contributed by atoms with van der Waals surface area (Å²) in [5.41, 5.74) is 1.78. The van der Waals surface area contributed by atoms with Crippen molar-refractivity contribution in [2.24, 2.45) is 10.2 Å². The Labute approximate surface area is 167 Å². The van der Waals surface area contributed by atoms with E-state index in [0.717, 1.165) is 5.56 Å². The quantitative estimate of drug-likeness (QED) is 0.428. The number of phenolic OH excluding ortho intramolecular Hbond substituents is 1. The molecule has 3 aromatic carbocycles. The molecule has 0 amide bonds. The summed E-state index contributed by atoms with van der Waals surface area (Å²) < 4.78 is 33.9. The Bertz CT molecular complexity index is 1070. The van der Waals surface area contributed by atoms with Crippen LogP contribution in [-0.4, -0.2) is 18.1 Å². The van der Waals surface area contributed by atoms with Crippen molar-refractivity contribution in [3.05, 3.63) is 60.2 Å². The van der Waals surface area contributed by atoms with E-state index < -0.39 is 10.1 Å². The Hall–Kier alpha value is -1.77. The molecule has 1 N–H and O–H groups in total. The van der Waals surface area contributed by atoms with E-state index in [4.69, 9.17) is 0 Å². The van der Waals surface area contributed by atoms with Crippen molar-refractivity contribution in [1.29, 1.82) is 0 Å². The van der Waals surface area contributed by atoms with Crippen LogP contribution in [0.2, 0.25) is 0 Å². The number of hydrogen-bond donors (Lipinski definition) is 1. The summed E-state index contributed by atoms with van der Waals surface area (Å²) in [5, 5.41) is 18.8. The first kappa shape index (κ1) is 19.6. The van der Waals surface area contributed by atoms with Gasteiger partial charge >= 0.3 is 29.6 Å². The van der Waals surface area contributed by atoms with Crippen LogP contribution in [0.5, 0.6) is 5.75 Å². The van der Waals surface area contributed by atoms with Gasteiger partial charge in [0.15, 0.2) is 5.75 Å². The first-order chi connectivity index (χ1) is 11.4. The van der Waals surface area contributed by atoms with Gasteiger partial charge in [-0.05, 0) is 30.7 Å². The molecule has 0 bridgehead atoms. The normalized spacial score (nSPS) is 11.6. The monoisotopic (exact) mass is 364 g/mol. The predicted octanol–water partition coefficient (Wildman–Crippen LogP) is 1.18. The third-order valence-electron chi connectivity index (χ3n) is 3.62. The zero-order valence-electron chi connectivity index (χ0n) is 13.7. The van der Waals surface area contributed by atoms with Crippen LogP contribution in [-0.2, 0) is 10.1 Å². The van der Waals surface area contributed by atoms with Crippen LogP contribution in [0.3, 0.4) is 0 Å². The fourth-order valence-corrected chi connectivity index (χ4v) is 3.08. The fraction of sp³-hybridized carbons (Fsp3) is 0.0588. The Kier molecular flexibility index (Phi) is 5.97. The van der Waals surface area contributed by atoms with Gasteiger partial charge in [0.2, 0.25) is 0 Å². The van der Waals surface area contributed by atoms with Gasteiger partial charge in [0.05, 0.1) is 10.6 Å². The molecule has 3 rings (SSSR count). The first-order valence-corrected chi connectivity index (χ1v) is 8.47. The molecule has 0 unspecified atom stereocenters. The molecule has 0 aliphatic rings. The van der Waals surface area contributed by atoms with Gasteiger partial charge in [0.25, 0.3) is 0 Å². The van der Waals surface area contributed by atoms with E-state index >= 15 is 0 Å². The molecule has 0 saturated carbocycles. The summed E-state index contributed by atoms with van der Waals surface area (Å²) in [6.07, 6.45) is 0. The van der Waals surface area contributed by atoms with E-state index in [0.29, 0.717) is 5.69 Å². The standard InChI is InChI=1S/C17H14N2O4S.Na/c1-11-5-2-3-7-14(11)18-19-15-10-9-12-13(17(15)20)6-4-8-16(12)24(21,22)23;/h2-10,20H,1H3,(H,21,22,23);/q;+1/p-1. The number of aryl methyl sites for hydroxylation is 1. The molecule has 6 nitrogen and oxygen atoms in total. The maximum atomic E-state index is 11.3. The van der Waals surface area contributed by atoms with Crippen LogP contribution in [0.25, 0.3) is 10.8 Å². The van der Waals surface area contributed by atoms with E-state index in [1.807, 2.05) is 25.1 Å². The van der Waals surface area contributed by atoms with Gasteiger partial charge in [0, 0.05) is 10.8 Å². The van der Waals surface area contributed by atoms with Crippen molar-refractivity contribution in [2.75, 3.05) is 0 Å². The molecule has 0 radical (unpaired) electrons. The summed E-state index contributed by atoms with van der Waals surface area (Å²) in [6, 6.07) is 14.4. The second kappa shape index (κ2) is 7.63. The largest absolute Gasteiger partial charge is 1.00 e. The van der Waals surface area contributed by atoms with Gasteiger partial charge in [-0.2, -0.15) is 5.11 Å². The summed E-state index contributed by atoms with van der Waals surface area (Å²) in [6.45, 7) is 1.89. The van der Waals surface area contributed by atoms with Gasteiger partial charge in [-0.3, -0.25) is 0 Å². The summed E-state index contributed by atoms with van der Waals surface area (Å²) in [7, 11) is -4.64. The topological polar surface area (TPSA) is 102 Å². The van der Waals surface area contributed by atoms with Crippen molar-refractivity contribution in [3.8, 4) is 5.75 Å². The van der Waals surface area contributed by atoms with Gasteiger partial charge in [-0.25, -0.2) is 8.42 Å². The number of azo groups is 1. The zero-order valence-corrected chi connectivity index (χ0v) is 16.5. The SMILES string of the molecule is Cc1ccccc1N=Nc1ccc2c(S(=O)(=O)[O-])cccc2c1O.[Na+]. The van der Waals surface area contributed by atoms with Crippen LogP contribution < -0.4 is 29.6 Å². The van der Waals surface area contributed by atoms with Crippen LogP contribution >= 0.6 is 0 Å². The maximum absolute atomic E-state index is 11.3. The Balaban J connectivity index is 0.00000225. The summed E-state index contributed by atoms with van der Waals surface area (Å²) in [5.74, 6) is -0.227. The molecule has 122 valence electrons. The molecular formula is C17H13N2NaO4S. The van der Waals surface area contributed by atoms with E-state index in [9.17, 15) is 18.1 Å². The molecule has 0 aliphatic heterocycles. The number of rotatable bonds is 3. The number of phenols is 1. The molecule has 0 heterocycles. The molecule has 8 heteroatoms. The first-order valence-electron chi connectivity index (χ1n) is 7.06. The molecule has 0 atom stereocenters. The summed E-state index contributed by atoms with van der Waals surface area (Å²) >= 11 is 0. The fourth-order valence-electron chi connectivity index (χ4n) is 2.38. The number of aromatic hydroxyl groups is 1. The van der Waals surface area contributed by atoms with E-state index in [2.05, 4.69) is 10.2 Å². The minimum Gasteiger partial charge on any atom is -0.744 e.